The lowest BCUT2D eigenvalue weighted by Gasteiger charge is -2.29. The Hall–Kier alpha value is -3.23. The Labute approximate surface area is 175 Å². The molecular weight excluding hydrogens is 390 g/mol. The molecule has 0 aromatic heterocycles. The number of ether oxygens (including phenoxy) is 3. The molecule has 0 spiro atoms. The van der Waals surface area contributed by atoms with Gasteiger partial charge in [0.05, 0.1) is 6.54 Å². The summed E-state index contributed by atoms with van der Waals surface area (Å²) in [5, 5.41) is 6.22. The second kappa shape index (κ2) is 7.89. The van der Waals surface area contributed by atoms with E-state index >= 15 is 0 Å². The third-order valence-corrected chi connectivity index (χ3v) is 4.32. The topological polar surface area (TPSA) is 106 Å². The van der Waals surface area contributed by atoms with Gasteiger partial charge in [0.15, 0.2) is 5.57 Å². The van der Waals surface area contributed by atoms with Crippen LogP contribution in [0.15, 0.2) is 30.0 Å². The van der Waals surface area contributed by atoms with Crippen molar-refractivity contribution in [1.82, 2.24) is 4.90 Å². The molecule has 1 fully saturated rings. The molecule has 0 bridgehead atoms. The van der Waals surface area contributed by atoms with E-state index in [1.54, 1.807) is 11.0 Å². The first kappa shape index (κ1) is 21.5. The number of hydrogen-bond acceptors (Lipinski definition) is 8. The molecule has 1 amide bonds. The van der Waals surface area contributed by atoms with Gasteiger partial charge in [-0.2, -0.15) is 0 Å². The zero-order valence-electron chi connectivity index (χ0n) is 17.8. The number of carbonyl (C=O) groups excluding carboxylic acids is 3. The van der Waals surface area contributed by atoms with Crippen molar-refractivity contribution >= 4 is 29.4 Å². The summed E-state index contributed by atoms with van der Waals surface area (Å²) in [5.74, 6) is -2.79. The van der Waals surface area contributed by atoms with E-state index in [9.17, 15) is 14.4 Å². The quantitative estimate of drug-likeness (QED) is 0.430. The van der Waals surface area contributed by atoms with Crippen LogP contribution in [0.1, 0.15) is 40.2 Å². The second-order valence-electron chi connectivity index (χ2n) is 8.58. The van der Waals surface area contributed by atoms with E-state index in [-0.39, 0.29) is 11.7 Å². The molecule has 2 N–H and O–H groups in total. The number of anilines is 2. The van der Waals surface area contributed by atoms with Crippen molar-refractivity contribution in [3.8, 4) is 0 Å². The predicted molar refractivity (Wildman–Crippen MR) is 110 cm³/mol. The Morgan fingerprint density at radius 3 is 2.53 bits per heavy atom. The Bertz CT molecular complexity index is 878. The van der Waals surface area contributed by atoms with Crippen molar-refractivity contribution in [2.45, 2.75) is 52.6 Å². The molecule has 2 heterocycles. The maximum atomic E-state index is 12.5. The number of esters is 2. The highest BCUT2D eigenvalue weighted by molar-refractivity contribution is 6.15. The third-order valence-electron chi connectivity index (χ3n) is 4.32. The van der Waals surface area contributed by atoms with Gasteiger partial charge < -0.3 is 29.7 Å². The lowest BCUT2D eigenvalue weighted by Crippen LogP contribution is -2.42. The largest absolute Gasteiger partial charge is 0.444 e. The van der Waals surface area contributed by atoms with Gasteiger partial charge in [0.25, 0.3) is 5.79 Å². The van der Waals surface area contributed by atoms with E-state index in [0.717, 1.165) is 11.3 Å². The third kappa shape index (κ3) is 5.22. The lowest BCUT2D eigenvalue weighted by molar-refractivity contribution is -0.222. The number of nitrogens with one attached hydrogen (secondary N) is 2. The molecule has 0 radical (unpaired) electrons. The molecule has 3 rings (SSSR count). The van der Waals surface area contributed by atoms with Crippen LogP contribution in [0.4, 0.5) is 16.2 Å². The van der Waals surface area contributed by atoms with Gasteiger partial charge in [-0.1, -0.05) is 0 Å². The Morgan fingerprint density at radius 1 is 1.23 bits per heavy atom. The van der Waals surface area contributed by atoms with Crippen LogP contribution in [0, 0.1) is 0 Å². The van der Waals surface area contributed by atoms with Crippen LogP contribution >= 0.6 is 0 Å². The van der Waals surface area contributed by atoms with E-state index in [0.29, 0.717) is 25.3 Å². The van der Waals surface area contributed by atoms with Crippen molar-refractivity contribution in [1.29, 1.82) is 0 Å². The van der Waals surface area contributed by atoms with Gasteiger partial charge >= 0.3 is 18.0 Å². The summed E-state index contributed by atoms with van der Waals surface area (Å²) in [7, 11) is 0. The maximum absolute atomic E-state index is 12.5. The normalized spacial score (nSPS) is 18.3. The van der Waals surface area contributed by atoms with Crippen LogP contribution in [0.2, 0.25) is 0 Å². The van der Waals surface area contributed by atoms with Gasteiger partial charge in [-0.15, -0.1) is 0 Å². The molecule has 0 unspecified atom stereocenters. The standard InChI is InChI=1S/C21H27N3O6/c1-20(2,3)30-19(27)24-9-8-22-16-7-6-14(10-13(16)12-24)23-11-15-17(25)28-21(4,5)29-18(15)26/h6-7,10-11,22-23H,8-9,12H2,1-5H3. The first-order valence-corrected chi connectivity index (χ1v) is 9.72. The van der Waals surface area contributed by atoms with Gasteiger partial charge in [-0.3, -0.25) is 0 Å². The molecule has 162 valence electrons. The van der Waals surface area contributed by atoms with E-state index in [4.69, 9.17) is 14.2 Å². The van der Waals surface area contributed by atoms with Crippen LogP contribution in [-0.4, -0.2) is 47.4 Å². The number of benzene rings is 1. The zero-order valence-corrected chi connectivity index (χ0v) is 17.8. The zero-order chi connectivity index (χ0) is 22.1. The first-order chi connectivity index (χ1) is 13.9. The van der Waals surface area contributed by atoms with E-state index in [2.05, 4.69) is 10.6 Å². The molecule has 9 nitrogen and oxygen atoms in total. The minimum absolute atomic E-state index is 0.224. The molecule has 2 aliphatic heterocycles. The summed E-state index contributed by atoms with van der Waals surface area (Å²) < 4.78 is 15.6. The number of rotatable bonds is 2. The summed E-state index contributed by atoms with van der Waals surface area (Å²) in [5.41, 5.74) is 1.61. The van der Waals surface area contributed by atoms with Crippen LogP contribution in [0.5, 0.6) is 0 Å². The molecule has 0 atom stereocenters. The molecule has 30 heavy (non-hydrogen) atoms. The highest BCUT2D eigenvalue weighted by atomic mass is 16.7. The van der Waals surface area contributed by atoms with Crippen LogP contribution in [0.3, 0.4) is 0 Å². The molecule has 1 aromatic rings. The average molecular weight is 417 g/mol. The number of amides is 1. The molecular formula is C21H27N3O6. The average Bonchev–Trinajstić information content (AvgIpc) is 2.80. The fraction of sp³-hybridized carbons (Fsp3) is 0.476. The van der Waals surface area contributed by atoms with Crippen LogP contribution < -0.4 is 10.6 Å². The van der Waals surface area contributed by atoms with E-state index in [1.165, 1.54) is 20.0 Å². The highest BCUT2D eigenvalue weighted by Gasteiger charge is 2.39. The molecule has 2 aliphatic rings. The first-order valence-electron chi connectivity index (χ1n) is 9.72. The van der Waals surface area contributed by atoms with Crippen molar-refractivity contribution in [2.24, 2.45) is 0 Å². The SMILES string of the molecule is CC(C)(C)OC(=O)N1CCNc2ccc(NC=C3C(=O)OC(C)(C)OC3=O)cc2C1. The fourth-order valence-corrected chi connectivity index (χ4v) is 3.01. The summed E-state index contributed by atoms with van der Waals surface area (Å²) in [4.78, 5) is 38.2. The van der Waals surface area contributed by atoms with Crippen LogP contribution in [0.25, 0.3) is 0 Å². The minimum atomic E-state index is -1.29. The number of hydrogen-bond donors (Lipinski definition) is 2. The summed E-state index contributed by atoms with van der Waals surface area (Å²) in [6.07, 6.45) is 0.880. The van der Waals surface area contributed by atoms with Gasteiger partial charge in [0.2, 0.25) is 0 Å². The molecule has 1 aromatic carbocycles. The molecule has 9 heteroatoms. The lowest BCUT2D eigenvalue weighted by atomic mass is 10.1. The van der Waals surface area contributed by atoms with Crippen molar-refractivity contribution in [2.75, 3.05) is 23.7 Å². The predicted octanol–water partition coefficient (Wildman–Crippen LogP) is 2.98. The van der Waals surface area contributed by atoms with Gasteiger partial charge in [0.1, 0.15) is 5.60 Å². The van der Waals surface area contributed by atoms with Gasteiger partial charge in [-0.05, 0) is 44.5 Å². The molecule has 1 saturated heterocycles. The van der Waals surface area contributed by atoms with Crippen molar-refractivity contribution in [3.05, 3.63) is 35.5 Å². The second-order valence-corrected chi connectivity index (χ2v) is 8.58. The highest BCUT2D eigenvalue weighted by Crippen LogP contribution is 2.26. The summed E-state index contributed by atoms with van der Waals surface area (Å²) in [6.45, 7) is 9.92. The van der Waals surface area contributed by atoms with Crippen molar-refractivity contribution < 1.29 is 28.6 Å². The maximum Gasteiger partial charge on any atom is 0.410 e. The fourth-order valence-electron chi connectivity index (χ4n) is 3.01. The Morgan fingerprint density at radius 2 is 1.90 bits per heavy atom. The molecule has 0 aliphatic carbocycles. The Balaban J connectivity index is 1.75. The van der Waals surface area contributed by atoms with Crippen LogP contribution in [-0.2, 0) is 30.3 Å². The molecule has 0 saturated carbocycles. The van der Waals surface area contributed by atoms with E-state index in [1.807, 2.05) is 32.9 Å². The number of nitrogens with zero attached hydrogens (tertiary/aromatic N) is 1. The number of cyclic esters (lactones) is 2. The number of carbonyl (C=O) groups is 3. The minimum Gasteiger partial charge on any atom is -0.444 e. The summed E-state index contributed by atoms with van der Waals surface area (Å²) >= 11 is 0. The Kier molecular flexibility index (Phi) is 5.65. The summed E-state index contributed by atoms with van der Waals surface area (Å²) in [6, 6.07) is 5.51. The smallest absolute Gasteiger partial charge is 0.410 e. The number of fused-ring (bicyclic) bond motifs is 1. The van der Waals surface area contributed by atoms with E-state index < -0.39 is 23.3 Å². The van der Waals surface area contributed by atoms with Gasteiger partial charge in [-0.25, -0.2) is 14.4 Å². The monoisotopic (exact) mass is 417 g/mol. The van der Waals surface area contributed by atoms with Gasteiger partial charge in [0, 0.05) is 44.5 Å². The van der Waals surface area contributed by atoms with Crippen molar-refractivity contribution in [3.63, 3.8) is 0 Å².